The lowest BCUT2D eigenvalue weighted by atomic mass is 10.2. The average molecular weight is 389 g/mol. The Kier molecular flexibility index (Phi) is 5.09. The van der Waals surface area contributed by atoms with E-state index in [9.17, 15) is 0 Å². The summed E-state index contributed by atoms with van der Waals surface area (Å²) in [4.78, 5) is 4.33. The van der Waals surface area contributed by atoms with Crippen LogP contribution in [0.25, 0.3) is 0 Å². The van der Waals surface area contributed by atoms with E-state index < -0.39 is 0 Å². The molecule has 2 aromatic rings. The first-order chi connectivity index (χ1) is 8.70. The summed E-state index contributed by atoms with van der Waals surface area (Å²) in [6.45, 7) is 0. The molecule has 1 heterocycles. The van der Waals surface area contributed by atoms with E-state index in [4.69, 9.17) is 4.74 Å². The number of thioether (sulfide) groups is 1. The normalized spacial score (nSPS) is 10.4. The van der Waals surface area contributed by atoms with Gasteiger partial charge in [0, 0.05) is 16.4 Å². The standard InChI is InChI=1S/C13H11Br2NOS/c1-17-12-5-4-9(7-11(12)15)8-18-13-10(14)3-2-6-16-13/h2-7H,8H2,1H3. The first-order valence-electron chi connectivity index (χ1n) is 5.26. The fraction of sp³-hybridized carbons (Fsp3) is 0.154. The van der Waals surface area contributed by atoms with Gasteiger partial charge in [-0.3, -0.25) is 0 Å². The summed E-state index contributed by atoms with van der Waals surface area (Å²) in [6.07, 6.45) is 1.80. The summed E-state index contributed by atoms with van der Waals surface area (Å²) in [6, 6.07) is 10.0. The number of nitrogens with zero attached hydrogens (tertiary/aromatic N) is 1. The molecule has 0 radical (unpaired) electrons. The molecule has 2 rings (SSSR count). The molecule has 0 unspecified atom stereocenters. The third-order valence-corrected chi connectivity index (χ3v) is 4.91. The molecule has 0 saturated heterocycles. The maximum atomic E-state index is 5.21. The van der Waals surface area contributed by atoms with E-state index in [1.54, 1.807) is 25.1 Å². The van der Waals surface area contributed by atoms with Crippen LogP contribution in [0.1, 0.15) is 5.56 Å². The highest BCUT2D eigenvalue weighted by molar-refractivity contribution is 9.10. The number of pyridine rings is 1. The van der Waals surface area contributed by atoms with Crippen molar-refractivity contribution in [2.45, 2.75) is 10.8 Å². The summed E-state index contributed by atoms with van der Waals surface area (Å²) in [5.74, 6) is 1.72. The summed E-state index contributed by atoms with van der Waals surface area (Å²) < 4.78 is 7.21. The van der Waals surface area contributed by atoms with E-state index in [0.29, 0.717) is 0 Å². The van der Waals surface area contributed by atoms with Crippen LogP contribution in [0.5, 0.6) is 5.75 Å². The maximum absolute atomic E-state index is 5.21. The molecule has 0 aliphatic carbocycles. The molecular formula is C13H11Br2NOS. The molecule has 0 amide bonds. The van der Waals surface area contributed by atoms with E-state index in [-0.39, 0.29) is 0 Å². The van der Waals surface area contributed by atoms with Crippen molar-refractivity contribution in [3.8, 4) is 5.75 Å². The molecule has 0 spiro atoms. The molecule has 0 atom stereocenters. The van der Waals surface area contributed by atoms with Gasteiger partial charge < -0.3 is 4.74 Å². The van der Waals surface area contributed by atoms with Crippen molar-refractivity contribution < 1.29 is 4.74 Å². The molecule has 0 saturated carbocycles. The Morgan fingerprint density at radius 2 is 2.06 bits per heavy atom. The number of methoxy groups -OCH3 is 1. The molecule has 18 heavy (non-hydrogen) atoms. The first kappa shape index (κ1) is 13.9. The van der Waals surface area contributed by atoms with E-state index in [2.05, 4.69) is 49.0 Å². The van der Waals surface area contributed by atoms with Gasteiger partial charge in [0.2, 0.25) is 0 Å². The van der Waals surface area contributed by atoms with Crippen LogP contribution in [0.4, 0.5) is 0 Å². The monoisotopic (exact) mass is 387 g/mol. The second-order valence-electron chi connectivity index (χ2n) is 3.55. The van der Waals surface area contributed by atoms with Gasteiger partial charge in [0.05, 0.1) is 11.6 Å². The van der Waals surface area contributed by atoms with Gasteiger partial charge in [-0.15, -0.1) is 11.8 Å². The summed E-state index contributed by atoms with van der Waals surface area (Å²) in [5.41, 5.74) is 1.23. The molecular weight excluding hydrogens is 378 g/mol. The van der Waals surface area contributed by atoms with Gasteiger partial charge in [-0.1, -0.05) is 6.07 Å². The third kappa shape index (κ3) is 3.49. The molecule has 5 heteroatoms. The predicted molar refractivity (Wildman–Crippen MR) is 82.2 cm³/mol. The molecule has 0 N–H and O–H groups in total. The van der Waals surface area contributed by atoms with Crippen molar-refractivity contribution in [3.05, 3.63) is 51.0 Å². The Hall–Kier alpha value is -0.520. The number of rotatable bonds is 4. The van der Waals surface area contributed by atoms with Crippen molar-refractivity contribution in [1.29, 1.82) is 0 Å². The molecule has 0 aliphatic heterocycles. The second kappa shape index (κ2) is 6.59. The number of benzene rings is 1. The van der Waals surface area contributed by atoms with Crippen LogP contribution in [0, 0.1) is 0 Å². The number of hydrogen-bond donors (Lipinski definition) is 0. The zero-order valence-electron chi connectivity index (χ0n) is 9.69. The van der Waals surface area contributed by atoms with Crippen molar-refractivity contribution in [2.24, 2.45) is 0 Å². The average Bonchev–Trinajstić information content (AvgIpc) is 2.38. The molecule has 94 valence electrons. The maximum Gasteiger partial charge on any atom is 0.133 e. The second-order valence-corrected chi connectivity index (χ2v) is 6.22. The van der Waals surface area contributed by atoms with E-state index in [1.165, 1.54) is 5.56 Å². The van der Waals surface area contributed by atoms with Gasteiger partial charge in [-0.2, -0.15) is 0 Å². The van der Waals surface area contributed by atoms with Crippen LogP contribution in [-0.2, 0) is 5.75 Å². The highest BCUT2D eigenvalue weighted by Crippen LogP contribution is 2.31. The molecule has 1 aromatic carbocycles. The lowest BCUT2D eigenvalue weighted by Gasteiger charge is -2.06. The van der Waals surface area contributed by atoms with E-state index in [0.717, 1.165) is 25.5 Å². The zero-order chi connectivity index (χ0) is 13.0. The molecule has 0 aliphatic rings. The summed E-state index contributed by atoms with van der Waals surface area (Å²) in [7, 11) is 1.67. The smallest absolute Gasteiger partial charge is 0.133 e. The van der Waals surface area contributed by atoms with Gasteiger partial charge >= 0.3 is 0 Å². The van der Waals surface area contributed by atoms with Crippen LogP contribution in [0.3, 0.4) is 0 Å². The van der Waals surface area contributed by atoms with Crippen LogP contribution in [-0.4, -0.2) is 12.1 Å². The summed E-state index contributed by atoms with van der Waals surface area (Å²) in [5, 5.41) is 1.00. The predicted octanol–water partition coefficient (Wildman–Crippen LogP) is 4.91. The van der Waals surface area contributed by atoms with Crippen molar-refractivity contribution in [2.75, 3.05) is 7.11 Å². The van der Waals surface area contributed by atoms with Crippen molar-refractivity contribution >= 4 is 43.6 Å². The topological polar surface area (TPSA) is 22.1 Å². The van der Waals surface area contributed by atoms with E-state index in [1.807, 2.05) is 18.2 Å². The highest BCUT2D eigenvalue weighted by Gasteiger charge is 2.04. The van der Waals surface area contributed by atoms with Crippen molar-refractivity contribution in [3.63, 3.8) is 0 Å². The Labute approximate surface area is 127 Å². The molecule has 0 fully saturated rings. The van der Waals surface area contributed by atoms with Gasteiger partial charge in [-0.05, 0) is 61.7 Å². The lowest BCUT2D eigenvalue weighted by molar-refractivity contribution is 0.412. The SMILES string of the molecule is COc1ccc(CSc2ncccc2Br)cc1Br. The van der Waals surface area contributed by atoms with Crippen LogP contribution in [0.15, 0.2) is 50.5 Å². The quantitative estimate of drug-likeness (QED) is 0.695. The number of halogens is 2. The summed E-state index contributed by atoms with van der Waals surface area (Å²) >= 11 is 8.69. The molecule has 2 nitrogen and oxygen atoms in total. The minimum Gasteiger partial charge on any atom is -0.496 e. The third-order valence-electron chi connectivity index (χ3n) is 2.32. The van der Waals surface area contributed by atoms with Crippen LogP contribution in [0.2, 0.25) is 0 Å². The lowest BCUT2D eigenvalue weighted by Crippen LogP contribution is -1.88. The Morgan fingerprint density at radius 1 is 1.22 bits per heavy atom. The van der Waals surface area contributed by atoms with Crippen LogP contribution >= 0.6 is 43.6 Å². The van der Waals surface area contributed by atoms with Crippen LogP contribution < -0.4 is 4.74 Å². The molecule has 0 bridgehead atoms. The van der Waals surface area contributed by atoms with Crippen molar-refractivity contribution in [1.82, 2.24) is 4.98 Å². The van der Waals surface area contributed by atoms with Gasteiger partial charge in [0.15, 0.2) is 0 Å². The molecule has 1 aromatic heterocycles. The Balaban J connectivity index is 2.07. The van der Waals surface area contributed by atoms with Gasteiger partial charge in [-0.25, -0.2) is 4.98 Å². The minimum absolute atomic E-state index is 0.850. The number of ether oxygens (including phenoxy) is 1. The van der Waals surface area contributed by atoms with Gasteiger partial charge in [0.1, 0.15) is 10.8 Å². The number of hydrogen-bond acceptors (Lipinski definition) is 3. The fourth-order valence-electron chi connectivity index (χ4n) is 1.43. The largest absolute Gasteiger partial charge is 0.496 e. The zero-order valence-corrected chi connectivity index (χ0v) is 13.7. The highest BCUT2D eigenvalue weighted by atomic mass is 79.9. The van der Waals surface area contributed by atoms with E-state index >= 15 is 0 Å². The minimum atomic E-state index is 0.850. The Bertz CT molecular complexity index is 548. The van der Waals surface area contributed by atoms with Gasteiger partial charge in [0.25, 0.3) is 0 Å². The fourth-order valence-corrected chi connectivity index (χ4v) is 3.44. The first-order valence-corrected chi connectivity index (χ1v) is 7.83. The number of aromatic nitrogens is 1. The Morgan fingerprint density at radius 3 is 2.72 bits per heavy atom.